The summed E-state index contributed by atoms with van der Waals surface area (Å²) in [5.74, 6) is 0.0636. The van der Waals surface area contributed by atoms with Crippen LogP contribution in [0.4, 0.5) is 0 Å². The van der Waals surface area contributed by atoms with Crippen LogP contribution in [0.25, 0.3) is 0 Å². The van der Waals surface area contributed by atoms with Crippen LogP contribution < -0.4 is 10.5 Å². The fourth-order valence-electron chi connectivity index (χ4n) is 3.23. The standard InChI is InChI=1S/C16H23N3O3S/c1-11(20)19-6-4-12-2-3-16(8-13(12)5-7-19)23(21,22)18-15-9-14(17)10-15/h2-3,8,14-15,18H,4-7,9-10,17H2,1H3. The number of rotatable bonds is 3. The predicted molar refractivity (Wildman–Crippen MR) is 87.4 cm³/mol. The van der Waals surface area contributed by atoms with Crippen molar-refractivity contribution in [2.45, 2.75) is 49.6 Å². The highest BCUT2D eigenvalue weighted by Gasteiger charge is 2.30. The Kier molecular flexibility index (Phi) is 4.44. The maximum absolute atomic E-state index is 12.5. The van der Waals surface area contributed by atoms with E-state index in [0.29, 0.717) is 37.2 Å². The third-order valence-electron chi connectivity index (χ3n) is 4.73. The number of nitrogens with two attached hydrogens (primary N) is 1. The Labute approximate surface area is 137 Å². The summed E-state index contributed by atoms with van der Waals surface area (Å²) in [4.78, 5) is 13.6. The zero-order chi connectivity index (χ0) is 16.6. The number of fused-ring (bicyclic) bond motifs is 1. The Morgan fingerprint density at radius 1 is 1.22 bits per heavy atom. The van der Waals surface area contributed by atoms with Gasteiger partial charge in [0.05, 0.1) is 4.90 Å². The molecule has 3 rings (SSSR count). The van der Waals surface area contributed by atoms with Gasteiger partial charge in [-0.25, -0.2) is 13.1 Å². The topological polar surface area (TPSA) is 92.5 Å². The van der Waals surface area contributed by atoms with Crippen molar-refractivity contribution in [2.75, 3.05) is 13.1 Å². The number of nitrogens with zero attached hydrogens (tertiary/aromatic N) is 1. The minimum absolute atomic E-state index is 0.0537. The summed E-state index contributed by atoms with van der Waals surface area (Å²) in [6.07, 6.45) is 2.84. The minimum Gasteiger partial charge on any atom is -0.342 e. The van der Waals surface area contributed by atoms with Crippen molar-refractivity contribution in [3.63, 3.8) is 0 Å². The number of nitrogens with one attached hydrogen (secondary N) is 1. The second-order valence-corrected chi connectivity index (χ2v) is 8.20. The summed E-state index contributed by atoms with van der Waals surface area (Å²) in [5, 5.41) is 0. The van der Waals surface area contributed by atoms with E-state index in [1.807, 2.05) is 11.0 Å². The molecule has 126 valence electrons. The van der Waals surface area contributed by atoms with Crippen molar-refractivity contribution >= 4 is 15.9 Å². The number of sulfonamides is 1. The van der Waals surface area contributed by atoms with Crippen molar-refractivity contribution < 1.29 is 13.2 Å². The highest BCUT2D eigenvalue weighted by atomic mass is 32.2. The molecule has 3 N–H and O–H groups in total. The van der Waals surface area contributed by atoms with Crippen molar-refractivity contribution in [2.24, 2.45) is 5.73 Å². The molecule has 1 aliphatic carbocycles. The highest BCUT2D eigenvalue weighted by molar-refractivity contribution is 7.89. The van der Waals surface area contributed by atoms with Gasteiger partial charge in [-0.1, -0.05) is 6.07 Å². The number of carbonyl (C=O) groups excluding carboxylic acids is 1. The molecule has 1 aliphatic heterocycles. The van der Waals surface area contributed by atoms with Gasteiger partial charge >= 0.3 is 0 Å². The number of amides is 1. The van der Waals surface area contributed by atoms with Gasteiger partial charge in [-0.05, 0) is 48.9 Å². The van der Waals surface area contributed by atoms with Gasteiger partial charge in [-0.3, -0.25) is 4.79 Å². The summed E-state index contributed by atoms with van der Waals surface area (Å²) in [7, 11) is -3.51. The van der Waals surface area contributed by atoms with E-state index in [4.69, 9.17) is 5.73 Å². The lowest BCUT2D eigenvalue weighted by molar-refractivity contribution is -0.128. The van der Waals surface area contributed by atoms with Gasteiger partial charge in [0.1, 0.15) is 0 Å². The van der Waals surface area contributed by atoms with E-state index in [1.54, 1.807) is 19.1 Å². The predicted octanol–water partition coefficient (Wildman–Crippen LogP) is 0.402. The van der Waals surface area contributed by atoms with E-state index in [1.165, 1.54) is 0 Å². The van der Waals surface area contributed by atoms with E-state index in [9.17, 15) is 13.2 Å². The summed E-state index contributed by atoms with van der Waals surface area (Å²) in [6, 6.07) is 5.33. The van der Waals surface area contributed by atoms with E-state index in [0.717, 1.165) is 17.5 Å². The Hall–Kier alpha value is -1.44. The number of benzene rings is 1. The van der Waals surface area contributed by atoms with Crippen LogP contribution in [0.5, 0.6) is 0 Å². The Bertz CT molecular complexity index is 711. The van der Waals surface area contributed by atoms with Crippen LogP contribution in [0.2, 0.25) is 0 Å². The molecule has 0 spiro atoms. The first-order valence-electron chi connectivity index (χ1n) is 8.00. The normalized spacial score (nSPS) is 24.5. The van der Waals surface area contributed by atoms with E-state index >= 15 is 0 Å². The second kappa shape index (κ2) is 6.22. The maximum atomic E-state index is 12.5. The highest BCUT2D eigenvalue weighted by Crippen LogP contribution is 2.23. The average molecular weight is 337 g/mol. The summed E-state index contributed by atoms with van der Waals surface area (Å²) in [5.41, 5.74) is 7.84. The molecule has 2 aliphatic rings. The van der Waals surface area contributed by atoms with Gasteiger partial charge in [-0.2, -0.15) is 0 Å². The summed E-state index contributed by atoms with van der Waals surface area (Å²) >= 11 is 0. The third kappa shape index (κ3) is 3.57. The molecule has 6 nitrogen and oxygen atoms in total. The van der Waals surface area contributed by atoms with Crippen LogP contribution in [0.15, 0.2) is 23.1 Å². The van der Waals surface area contributed by atoms with Crippen molar-refractivity contribution in [1.82, 2.24) is 9.62 Å². The lowest BCUT2D eigenvalue weighted by Crippen LogP contribution is -2.50. The molecule has 0 radical (unpaired) electrons. The van der Waals surface area contributed by atoms with Gasteiger partial charge in [-0.15, -0.1) is 0 Å². The molecular formula is C16H23N3O3S. The van der Waals surface area contributed by atoms with E-state index in [2.05, 4.69) is 4.72 Å². The van der Waals surface area contributed by atoms with E-state index < -0.39 is 10.0 Å². The molecule has 0 bridgehead atoms. The Morgan fingerprint density at radius 2 is 1.87 bits per heavy atom. The van der Waals surface area contributed by atoms with Gasteiger partial charge in [0.15, 0.2) is 0 Å². The summed E-state index contributed by atoms with van der Waals surface area (Å²) in [6.45, 7) is 2.89. The molecule has 1 heterocycles. The number of carbonyl (C=O) groups is 1. The molecule has 23 heavy (non-hydrogen) atoms. The monoisotopic (exact) mass is 337 g/mol. The van der Waals surface area contributed by atoms with Gasteiger partial charge in [0.2, 0.25) is 15.9 Å². The molecule has 1 fully saturated rings. The van der Waals surface area contributed by atoms with Crippen LogP contribution in [0.1, 0.15) is 30.9 Å². The van der Waals surface area contributed by atoms with Crippen LogP contribution in [0, 0.1) is 0 Å². The lowest BCUT2D eigenvalue weighted by Gasteiger charge is -2.32. The fraction of sp³-hybridized carbons (Fsp3) is 0.562. The first-order valence-corrected chi connectivity index (χ1v) is 9.49. The molecule has 1 aromatic rings. The van der Waals surface area contributed by atoms with Crippen LogP contribution in [-0.4, -0.2) is 44.4 Å². The molecular weight excluding hydrogens is 314 g/mol. The van der Waals surface area contributed by atoms with Gasteiger partial charge < -0.3 is 10.6 Å². The van der Waals surface area contributed by atoms with Gasteiger partial charge in [0, 0.05) is 32.1 Å². The minimum atomic E-state index is -3.51. The van der Waals surface area contributed by atoms with Crippen molar-refractivity contribution in [3.05, 3.63) is 29.3 Å². The molecule has 0 unspecified atom stereocenters. The van der Waals surface area contributed by atoms with Crippen molar-refractivity contribution in [1.29, 1.82) is 0 Å². The van der Waals surface area contributed by atoms with Crippen LogP contribution in [-0.2, 0) is 27.7 Å². The average Bonchev–Trinajstić information content (AvgIpc) is 2.67. The Morgan fingerprint density at radius 3 is 2.48 bits per heavy atom. The number of hydrogen-bond acceptors (Lipinski definition) is 4. The molecule has 0 atom stereocenters. The largest absolute Gasteiger partial charge is 0.342 e. The quantitative estimate of drug-likeness (QED) is 0.835. The van der Waals surface area contributed by atoms with Crippen molar-refractivity contribution in [3.8, 4) is 0 Å². The zero-order valence-corrected chi connectivity index (χ0v) is 14.1. The second-order valence-electron chi connectivity index (χ2n) is 6.49. The molecule has 1 amide bonds. The molecule has 7 heteroatoms. The SMILES string of the molecule is CC(=O)N1CCc2ccc(S(=O)(=O)NC3CC(N)C3)cc2CC1. The molecule has 1 saturated carbocycles. The fourth-order valence-corrected chi connectivity index (χ4v) is 4.54. The number of hydrogen-bond donors (Lipinski definition) is 2. The molecule has 0 saturated heterocycles. The third-order valence-corrected chi connectivity index (χ3v) is 6.25. The first kappa shape index (κ1) is 16.4. The summed E-state index contributed by atoms with van der Waals surface area (Å²) < 4.78 is 27.7. The molecule has 1 aromatic carbocycles. The maximum Gasteiger partial charge on any atom is 0.240 e. The Balaban J connectivity index is 1.77. The molecule has 0 aromatic heterocycles. The van der Waals surface area contributed by atoms with Gasteiger partial charge in [0.25, 0.3) is 0 Å². The zero-order valence-electron chi connectivity index (χ0n) is 13.3. The first-order chi connectivity index (χ1) is 10.8. The lowest BCUT2D eigenvalue weighted by atomic mass is 9.89. The van der Waals surface area contributed by atoms with Crippen LogP contribution >= 0.6 is 0 Å². The van der Waals surface area contributed by atoms with Crippen LogP contribution in [0.3, 0.4) is 0 Å². The smallest absolute Gasteiger partial charge is 0.240 e. The van der Waals surface area contributed by atoms with E-state index in [-0.39, 0.29) is 18.0 Å².